The summed E-state index contributed by atoms with van der Waals surface area (Å²) in [4.78, 5) is 7.08. The summed E-state index contributed by atoms with van der Waals surface area (Å²) < 4.78 is 76.6. The van der Waals surface area contributed by atoms with Gasteiger partial charge in [0.15, 0.2) is 23.1 Å². The van der Waals surface area contributed by atoms with Crippen molar-refractivity contribution in [3.05, 3.63) is 70.6 Å². The second kappa shape index (κ2) is 7.77. The first-order valence-electron chi connectivity index (χ1n) is 8.78. The van der Waals surface area contributed by atoms with E-state index in [2.05, 4.69) is 15.1 Å². The minimum Gasteiger partial charge on any atom is -0.483 e. The van der Waals surface area contributed by atoms with E-state index in [1.54, 1.807) is 30.3 Å². The van der Waals surface area contributed by atoms with E-state index in [4.69, 9.17) is 16.3 Å². The fourth-order valence-electron chi connectivity index (χ4n) is 3.03. The highest BCUT2D eigenvalue weighted by molar-refractivity contribution is 6.30. The van der Waals surface area contributed by atoms with Gasteiger partial charge in [-0.05, 0) is 5.56 Å². The maximum atomic E-state index is 15.2. The maximum absolute atomic E-state index is 15.2. The number of nitrogens with zero attached hydrogens (tertiary/aromatic N) is 4. The number of alkyl halides is 3. The Bertz CT molecular complexity index is 1270. The molecule has 0 saturated heterocycles. The van der Waals surface area contributed by atoms with Gasteiger partial charge in [-0.25, -0.2) is 18.7 Å². The van der Waals surface area contributed by atoms with E-state index in [-0.39, 0.29) is 22.8 Å². The van der Waals surface area contributed by atoms with Gasteiger partial charge in [-0.1, -0.05) is 41.9 Å². The van der Waals surface area contributed by atoms with Crippen LogP contribution in [0.3, 0.4) is 0 Å². The largest absolute Gasteiger partial charge is 0.483 e. The molecule has 0 bridgehead atoms. The molecule has 0 aliphatic rings. The molecule has 0 aliphatic carbocycles. The second-order valence-electron chi connectivity index (χ2n) is 6.53. The molecule has 1 aromatic carbocycles. The summed E-state index contributed by atoms with van der Waals surface area (Å²) in [6.45, 7) is -0.352. The summed E-state index contributed by atoms with van der Waals surface area (Å²) >= 11 is 5.85. The monoisotopic (exact) mass is 454 g/mol. The van der Waals surface area contributed by atoms with Crippen LogP contribution in [0.1, 0.15) is 11.3 Å². The number of pyridine rings is 2. The van der Waals surface area contributed by atoms with Gasteiger partial charge in [-0.2, -0.15) is 18.3 Å². The summed E-state index contributed by atoms with van der Waals surface area (Å²) in [6, 6.07) is 9.63. The zero-order chi connectivity index (χ0) is 22.3. The molecular formula is C20H12ClF5N4O. The fraction of sp³-hybridized carbons (Fsp3) is 0.150. The Morgan fingerprint density at radius 2 is 1.77 bits per heavy atom. The number of aromatic nitrogens is 4. The Kier molecular flexibility index (Phi) is 5.26. The summed E-state index contributed by atoms with van der Waals surface area (Å²) in [7, 11) is 1.49. The van der Waals surface area contributed by atoms with Gasteiger partial charge in [-0.3, -0.25) is 4.68 Å². The van der Waals surface area contributed by atoms with Crippen molar-refractivity contribution in [3.63, 3.8) is 0 Å². The van der Waals surface area contributed by atoms with Gasteiger partial charge in [0.05, 0.1) is 5.52 Å². The smallest absolute Gasteiger partial charge is 0.436 e. The quantitative estimate of drug-likeness (QED) is 0.299. The number of hydrogen-bond acceptors (Lipinski definition) is 4. The number of rotatable bonds is 4. The Labute approximate surface area is 177 Å². The van der Waals surface area contributed by atoms with Crippen LogP contribution >= 0.6 is 11.6 Å². The first-order valence-corrected chi connectivity index (χ1v) is 9.16. The lowest BCUT2D eigenvalue weighted by Gasteiger charge is -2.15. The first kappa shape index (κ1) is 21.0. The molecule has 0 aliphatic heterocycles. The van der Waals surface area contributed by atoms with Gasteiger partial charge in [0.2, 0.25) is 0 Å². The van der Waals surface area contributed by atoms with Crippen LogP contribution < -0.4 is 4.74 Å². The summed E-state index contributed by atoms with van der Waals surface area (Å²) in [5.74, 6) is -4.54. The molecule has 0 N–H and O–H groups in total. The SMILES string of the molecule is Cn1nc(-c2nc(C(F)(F)F)c(F)c(OCc3ccccc3)c2F)c2cnc(Cl)cc21. The molecule has 0 unspecified atom stereocenters. The molecule has 0 radical (unpaired) electrons. The van der Waals surface area contributed by atoms with Gasteiger partial charge in [-0.15, -0.1) is 0 Å². The molecule has 0 fully saturated rings. The lowest BCUT2D eigenvalue weighted by molar-refractivity contribution is -0.143. The van der Waals surface area contributed by atoms with Gasteiger partial charge < -0.3 is 4.74 Å². The zero-order valence-electron chi connectivity index (χ0n) is 15.7. The molecule has 3 heterocycles. The van der Waals surface area contributed by atoms with Crippen molar-refractivity contribution in [2.75, 3.05) is 0 Å². The molecule has 0 saturated carbocycles. The normalized spacial score (nSPS) is 11.8. The van der Waals surface area contributed by atoms with Crippen molar-refractivity contribution in [1.29, 1.82) is 0 Å². The lowest BCUT2D eigenvalue weighted by atomic mass is 10.1. The van der Waals surface area contributed by atoms with E-state index in [0.29, 0.717) is 11.1 Å². The summed E-state index contributed by atoms with van der Waals surface area (Å²) in [5.41, 5.74) is -2.09. The van der Waals surface area contributed by atoms with Crippen molar-refractivity contribution in [3.8, 4) is 17.1 Å². The van der Waals surface area contributed by atoms with E-state index >= 15 is 4.39 Å². The summed E-state index contributed by atoms with van der Waals surface area (Å²) in [6.07, 6.45) is -3.97. The molecule has 160 valence electrons. The zero-order valence-corrected chi connectivity index (χ0v) is 16.5. The van der Waals surface area contributed by atoms with E-state index in [0.717, 1.165) is 0 Å². The van der Waals surface area contributed by atoms with E-state index in [1.165, 1.54) is 24.0 Å². The van der Waals surface area contributed by atoms with Gasteiger partial charge in [0.25, 0.3) is 0 Å². The number of hydrogen-bond donors (Lipinski definition) is 0. The van der Waals surface area contributed by atoms with Crippen LogP contribution in [-0.2, 0) is 19.8 Å². The highest BCUT2D eigenvalue weighted by Crippen LogP contribution is 2.40. The van der Waals surface area contributed by atoms with Crippen molar-refractivity contribution >= 4 is 22.5 Å². The van der Waals surface area contributed by atoms with Crippen LogP contribution in [0.5, 0.6) is 5.75 Å². The highest BCUT2D eigenvalue weighted by atomic mass is 35.5. The molecule has 4 rings (SSSR count). The van der Waals surface area contributed by atoms with Crippen molar-refractivity contribution in [2.45, 2.75) is 12.8 Å². The molecule has 11 heteroatoms. The first-order chi connectivity index (χ1) is 14.7. The molecule has 31 heavy (non-hydrogen) atoms. The van der Waals surface area contributed by atoms with Gasteiger partial charge >= 0.3 is 6.18 Å². The van der Waals surface area contributed by atoms with Crippen LogP contribution in [0.15, 0.2) is 42.6 Å². The van der Waals surface area contributed by atoms with Crippen LogP contribution in [0, 0.1) is 11.6 Å². The predicted molar refractivity (Wildman–Crippen MR) is 102 cm³/mol. The van der Waals surface area contributed by atoms with Gasteiger partial charge in [0.1, 0.15) is 23.1 Å². The molecular weight excluding hydrogens is 443 g/mol. The second-order valence-corrected chi connectivity index (χ2v) is 6.92. The molecule has 0 atom stereocenters. The molecule has 4 aromatic rings. The lowest BCUT2D eigenvalue weighted by Crippen LogP contribution is -2.15. The average Bonchev–Trinajstić information content (AvgIpc) is 3.03. The molecule has 3 aromatic heterocycles. The minimum absolute atomic E-state index is 0.109. The third-order valence-electron chi connectivity index (χ3n) is 4.46. The van der Waals surface area contributed by atoms with E-state index in [9.17, 15) is 17.6 Å². The third kappa shape index (κ3) is 3.90. The average molecular weight is 455 g/mol. The number of halogens is 6. The van der Waals surface area contributed by atoms with Crippen LogP contribution in [0.2, 0.25) is 5.15 Å². The molecule has 0 amide bonds. The van der Waals surface area contributed by atoms with Crippen LogP contribution in [0.4, 0.5) is 22.0 Å². The number of aryl methyl sites for hydroxylation is 1. The Hall–Kier alpha value is -3.27. The van der Waals surface area contributed by atoms with Gasteiger partial charge in [0, 0.05) is 24.7 Å². The summed E-state index contributed by atoms with van der Waals surface area (Å²) in [5, 5.41) is 4.34. The highest BCUT2D eigenvalue weighted by Gasteiger charge is 2.40. The van der Waals surface area contributed by atoms with Crippen molar-refractivity contribution < 1.29 is 26.7 Å². The van der Waals surface area contributed by atoms with Crippen LogP contribution in [-0.4, -0.2) is 19.7 Å². The molecule has 0 spiro atoms. The Morgan fingerprint density at radius 1 is 1.06 bits per heavy atom. The number of ether oxygens (including phenoxy) is 1. The third-order valence-corrected chi connectivity index (χ3v) is 4.67. The maximum Gasteiger partial charge on any atom is 0.436 e. The minimum atomic E-state index is -5.19. The standard InChI is InChI=1S/C20H12ClF5N4O/c1-30-12-7-13(21)27-8-11(12)16(29-30)17-14(22)18(15(23)19(28-17)20(24,25)26)31-9-10-5-3-2-4-6-10/h2-8H,9H2,1H3. The van der Waals surface area contributed by atoms with E-state index < -0.39 is 34.9 Å². The van der Waals surface area contributed by atoms with Crippen molar-refractivity contribution in [2.24, 2.45) is 7.05 Å². The van der Waals surface area contributed by atoms with Crippen molar-refractivity contribution in [1.82, 2.24) is 19.7 Å². The topological polar surface area (TPSA) is 52.8 Å². The van der Waals surface area contributed by atoms with E-state index in [1.807, 2.05) is 0 Å². The molecule has 5 nitrogen and oxygen atoms in total. The Balaban J connectivity index is 1.91. The number of benzene rings is 1. The predicted octanol–water partition coefficient (Wildman–Crippen LogP) is 5.56. The Morgan fingerprint density at radius 3 is 2.45 bits per heavy atom. The van der Waals surface area contributed by atoms with Crippen LogP contribution in [0.25, 0.3) is 22.3 Å². The number of fused-ring (bicyclic) bond motifs is 1. The fourth-order valence-corrected chi connectivity index (χ4v) is 3.18.